The first-order valence-electron chi connectivity index (χ1n) is 8.06. The van der Waals surface area contributed by atoms with Crippen molar-refractivity contribution in [2.45, 2.75) is 51.1 Å². The summed E-state index contributed by atoms with van der Waals surface area (Å²) in [4.78, 5) is 23.8. The van der Waals surface area contributed by atoms with Crippen molar-refractivity contribution in [3.63, 3.8) is 0 Å². The number of nitrogens with zero attached hydrogens (tertiary/aromatic N) is 2. The summed E-state index contributed by atoms with van der Waals surface area (Å²) >= 11 is 0. The monoisotopic (exact) mass is 386 g/mol. The number of carbonyl (C=O) groups excluding carboxylic acids is 1. The Morgan fingerprint density at radius 1 is 1.31 bits per heavy atom. The van der Waals surface area contributed by atoms with Crippen LogP contribution in [0.5, 0.6) is 0 Å². The van der Waals surface area contributed by atoms with E-state index in [-0.39, 0.29) is 34.8 Å². The number of likely N-dealkylation sites (N-methyl/N-ethyl adjacent to an activating group) is 1. The van der Waals surface area contributed by atoms with Crippen LogP contribution in [-0.2, 0) is 14.8 Å². The summed E-state index contributed by atoms with van der Waals surface area (Å²) in [6, 6.07) is 3.56. The largest absolute Gasteiger partial charge is 0.360 e. The summed E-state index contributed by atoms with van der Waals surface area (Å²) in [6.45, 7) is 8.55. The van der Waals surface area contributed by atoms with Crippen LogP contribution < -0.4 is 14.9 Å². The second-order valence-corrected chi connectivity index (χ2v) is 9.02. The van der Waals surface area contributed by atoms with Gasteiger partial charge in [0, 0.05) is 24.7 Å². The molecule has 1 aromatic rings. The van der Waals surface area contributed by atoms with E-state index in [2.05, 4.69) is 10.0 Å². The SMILES string of the molecule is CC(C)NC(=O)CN(C)c1ccc(S(=O)(=O)NC(C)(C)C)cc1[N+](=O)[O-]. The van der Waals surface area contributed by atoms with Gasteiger partial charge in [-0.05, 0) is 46.8 Å². The highest BCUT2D eigenvalue weighted by Crippen LogP contribution is 2.30. The second-order valence-electron chi connectivity index (χ2n) is 7.34. The molecule has 2 N–H and O–H groups in total. The fraction of sp³-hybridized carbons (Fsp3) is 0.562. The first-order valence-corrected chi connectivity index (χ1v) is 9.54. The number of nitro benzene ring substituents is 1. The van der Waals surface area contributed by atoms with E-state index in [0.29, 0.717) is 0 Å². The van der Waals surface area contributed by atoms with Gasteiger partial charge >= 0.3 is 0 Å². The van der Waals surface area contributed by atoms with Gasteiger partial charge in [-0.15, -0.1) is 0 Å². The maximum atomic E-state index is 12.4. The maximum absolute atomic E-state index is 12.4. The van der Waals surface area contributed by atoms with Gasteiger partial charge in [0.05, 0.1) is 16.4 Å². The van der Waals surface area contributed by atoms with Gasteiger partial charge in [0.25, 0.3) is 5.69 Å². The molecule has 0 radical (unpaired) electrons. The van der Waals surface area contributed by atoms with Gasteiger partial charge in [-0.3, -0.25) is 14.9 Å². The van der Waals surface area contributed by atoms with Crippen molar-refractivity contribution in [2.75, 3.05) is 18.5 Å². The first kappa shape index (κ1) is 21.8. The molecule has 1 rings (SSSR count). The number of nitrogens with one attached hydrogen (secondary N) is 2. The Kier molecular flexibility index (Phi) is 6.72. The van der Waals surface area contributed by atoms with Crippen LogP contribution in [0.25, 0.3) is 0 Å². The molecule has 10 heteroatoms. The number of benzene rings is 1. The highest BCUT2D eigenvalue weighted by molar-refractivity contribution is 7.89. The molecule has 26 heavy (non-hydrogen) atoms. The Balaban J connectivity index is 3.21. The van der Waals surface area contributed by atoms with Crippen LogP contribution in [0.3, 0.4) is 0 Å². The molecule has 0 saturated carbocycles. The van der Waals surface area contributed by atoms with E-state index in [1.807, 2.05) is 13.8 Å². The highest BCUT2D eigenvalue weighted by Gasteiger charge is 2.26. The van der Waals surface area contributed by atoms with Gasteiger partial charge in [0.15, 0.2) is 0 Å². The molecule has 0 unspecified atom stereocenters. The lowest BCUT2D eigenvalue weighted by Gasteiger charge is -2.22. The van der Waals surface area contributed by atoms with Crippen molar-refractivity contribution in [1.29, 1.82) is 0 Å². The van der Waals surface area contributed by atoms with Gasteiger partial charge in [-0.2, -0.15) is 0 Å². The molecule has 0 aliphatic rings. The summed E-state index contributed by atoms with van der Waals surface area (Å²) in [5, 5.41) is 14.1. The summed E-state index contributed by atoms with van der Waals surface area (Å²) < 4.78 is 27.2. The van der Waals surface area contributed by atoms with Gasteiger partial charge in [0.1, 0.15) is 5.69 Å². The van der Waals surface area contributed by atoms with Crippen molar-refractivity contribution in [2.24, 2.45) is 0 Å². The Hall–Kier alpha value is -2.20. The molecule has 0 heterocycles. The van der Waals surface area contributed by atoms with Crippen LogP contribution in [-0.4, -0.2) is 44.4 Å². The van der Waals surface area contributed by atoms with E-state index in [1.165, 1.54) is 24.1 Å². The average Bonchev–Trinajstić information content (AvgIpc) is 2.42. The number of hydrogen-bond donors (Lipinski definition) is 2. The Morgan fingerprint density at radius 3 is 2.35 bits per heavy atom. The van der Waals surface area contributed by atoms with Crippen LogP contribution in [0.4, 0.5) is 11.4 Å². The average molecular weight is 386 g/mol. The molecular weight excluding hydrogens is 360 g/mol. The second kappa shape index (κ2) is 8.00. The predicted octanol–water partition coefficient (Wildman–Crippen LogP) is 1.63. The number of anilines is 1. The lowest BCUT2D eigenvalue weighted by atomic mass is 10.1. The zero-order valence-corrected chi connectivity index (χ0v) is 16.7. The quantitative estimate of drug-likeness (QED) is 0.543. The number of hydrogen-bond acceptors (Lipinski definition) is 6. The fourth-order valence-corrected chi connectivity index (χ4v) is 3.71. The number of amides is 1. The third-order valence-electron chi connectivity index (χ3n) is 3.14. The molecule has 0 atom stereocenters. The molecule has 146 valence electrons. The lowest BCUT2D eigenvalue weighted by molar-refractivity contribution is -0.384. The van der Waals surface area contributed by atoms with Crippen molar-refractivity contribution in [1.82, 2.24) is 10.0 Å². The number of carbonyl (C=O) groups is 1. The molecule has 0 spiro atoms. The summed E-state index contributed by atoms with van der Waals surface area (Å²) in [5.74, 6) is -0.289. The van der Waals surface area contributed by atoms with Gasteiger partial charge in [0.2, 0.25) is 15.9 Å². The van der Waals surface area contributed by atoms with Crippen LogP contribution in [0, 0.1) is 10.1 Å². The van der Waals surface area contributed by atoms with Crippen LogP contribution in [0.2, 0.25) is 0 Å². The molecule has 0 fully saturated rings. The summed E-state index contributed by atoms with van der Waals surface area (Å²) in [5.41, 5.74) is -0.955. The van der Waals surface area contributed by atoms with E-state index in [4.69, 9.17) is 0 Å². The zero-order valence-electron chi connectivity index (χ0n) is 15.9. The zero-order chi connectivity index (χ0) is 20.3. The number of sulfonamides is 1. The van der Waals surface area contributed by atoms with E-state index in [0.717, 1.165) is 6.07 Å². The standard InChI is InChI=1S/C16H26N4O5S/c1-11(2)17-15(21)10-19(6)13-8-7-12(9-14(13)20(22)23)26(24,25)18-16(3,4)5/h7-9,11,18H,10H2,1-6H3,(H,17,21). The number of nitro groups is 1. The van der Waals surface area contributed by atoms with E-state index in [1.54, 1.807) is 20.8 Å². The van der Waals surface area contributed by atoms with Crippen LogP contribution in [0.15, 0.2) is 23.1 Å². The van der Waals surface area contributed by atoms with Crippen molar-refractivity contribution < 1.29 is 18.1 Å². The third-order valence-corrected chi connectivity index (χ3v) is 4.89. The molecule has 1 amide bonds. The highest BCUT2D eigenvalue weighted by atomic mass is 32.2. The van der Waals surface area contributed by atoms with E-state index < -0.39 is 20.5 Å². The third kappa shape index (κ3) is 6.26. The molecule has 1 aromatic carbocycles. The van der Waals surface area contributed by atoms with E-state index >= 15 is 0 Å². The first-order chi connectivity index (χ1) is 11.7. The van der Waals surface area contributed by atoms with Crippen molar-refractivity contribution >= 4 is 27.3 Å². The maximum Gasteiger partial charge on any atom is 0.293 e. The van der Waals surface area contributed by atoms with Crippen LogP contribution >= 0.6 is 0 Å². The Bertz CT molecular complexity index is 784. The molecule has 0 saturated heterocycles. The van der Waals surface area contributed by atoms with Crippen LogP contribution in [0.1, 0.15) is 34.6 Å². The van der Waals surface area contributed by atoms with Gasteiger partial charge in [-0.1, -0.05) is 0 Å². The minimum Gasteiger partial charge on any atom is -0.360 e. The van der Waals surface area contributed by atoms with Gasteiger partial charge in [-0.25, -0.2) is 13.1 Å². The fourth-order valence-electron chi connectivity index (χ4n) is 2.27. The van der Waals surface area contributed by atoms with E-state index in [9.17, 15) is 23.3 Å². The molecule has 9 nitrogen and oxygen atoms in total. The Labute approximate surface area is 154 Å². The molecule has 0 aliphatic heterocycles. The van der Waals surface area contributed by atoms with Crippen molar-refractivity contribution in [3.05, 3.63) is 28.3 Å². The van der Waals surface area contributed by atoms with Gasteiger partial charge < -0.3 is 10.2 Å². The van der Waals surface area contributed by atoms with Crippen molar-refractivity contribution in [3.8, 4) is 0 Å². The normalized spacial score (nSPS) is 12.1. The summed E-state index contributed by atoms with van der Waals surface area (Å²) in [7, 11) is -2.38. The molecule has 0 bridgehead atoms. The molecule has 0 aliphatic carbocycles. The minimum absolute atomic E-state index is 0.0538. The number of rotatable bonds is 7. The molecular formula is C16H26N4O5S. The topological polar surface area (TPSA) is 122 Å². The molecule has 0 aromatic heterocycles. The smallest absolute Gasteiger partial charge is 0.293 e. The minimum atomic E-state index is -3.91. The Morgan fingerprint density at radius 2 is 1.88 bits per heavy atom. The summed E-state index contributed by atoms with van der Waals surface area (Å²) in [6.07, 6.45) is 0. The predicted molar refractivity (Wildman–Crippen MR) is 99.7 cm³/mol. The lowest BCUT2D eigenvalue weighted by Crippen LogP contribution is -2.40.